The molecule has 7 heteroatoms. The van der Waals surface area contributed by atoms with Gasteiger partial charge in [0, 0.05) is 5.56 Å². The van der Waals surface area contributed by atoms with Crippen molar-refractivity contribution in [1.82, 2.24) is 4.57 Å². The van der Waals surface area contributed by atoms with E-state index in [-0.39, 0.29) is 17.0 Å². The Morgan fingerprint density at radius 3 is 1.93 bits per heavy atom. The maximum absolute atomic E-state index is 4.81. The number of hydrogen-bond donors (Lipinski definition) is 0. The SMILES string of the molecule is CCn1cc[n+](Cc2c3ccccc3cc3ccccc23)c1I.ClC(Cl)Cl.[Br-]. The minimum atomic E-state index is -0.750. The summed E-state index contributed by atoms with van der Waals surface area (Å²) in [6.45, 7) is 4.08. The van der Waals surface area contributed by atoms with Crippen LogP contribution in [0.3, 0.4) is 0 Å². The summed E-state index contributed by atoms with van der Waals surface area (Å²) in [7, 11) is 0. The van der Waals surface area contributed by atoms with E-state index in [9.17, 15) is 0 Å². The van der Waals surface area contributed by atoms with Crippen LogP contribution in [-0.2, 0) is 13.1 Å². The lowest BCUT2D eigenvalue weighted by atomic mass is 9.97. The Labute approximate surface area is 204 Å². The second kappa shape index (κ2) is 11.0. The molecule has 0 aliphatic carbocycles. The number of imidazole rings is 1. The van der Waals surface area contributed by atoms with Gasteiger partial charge in [0.05, 0.1) is 29.1 Å². The molecule has 0 aliphatic rings. The van der Waals surface area contributed by atoms with Gasteiger partial charge in [0.1, 0.15) is 18.9 Å². The van der Waals surface area contributed by atoms with Crippen molar-refractivity contribution in [3.8, 4) is 0 Å². The summed E-state index contributed by atoms with van der Waals surface area (Å²) < 4.78 is 5.12. The van der Waals surface area contributed by atoms with Crippen molar-refractivity contribution < 1.29 is 21.5 Å². The van der Waals surface area contributed by atoms with Crippen molar-refractivity contribution in [2.45, 2.75) is 24.3 Å². The van der Waals surface area contributed by atoms with Crippen LogP contribution in [0.5, 0.6) is 0 Å². The summed E-state index contributed by atoms with van der Waals surface area (Å²) in [5, 5.41) is 5.32. The molecule has 0 N–H and O–H groups in total. The lowest BCUT2D eigenvalue weighted by molar-refractivity contribution is -0.700. The second-order valence-corrected chi connectivity index (χ2v) is 8.97. The third kappa shape index (κ3) is 5.54. The van der Waals surface area contributed by atoms with Crippen molar-refractivity contribution in [3.63, 3.8) is 0 Å². The van der Waals surface area contributed by atoms with E-state index in [1.54, 1.807) is 0 Å². The molecule has 0 saturated carbocycles. The molecule has 3 aromatic carbocycles. The first-order chi connectivity index (χ1) is 13.0. The van der Waals surface area contributed by atoms with Crippen molar-refractivity contribution in [2.24, 2.45) is 0 Å². The maximum atomic E-state index is 4.81. The highest BCUT2D eigenvalue weighted by molar-refractivity contribution is 14.1. The molecule has 0 radical (unpaired) electrons. The van der Waals surface area contributed by atoms with Gasteiger partial charge < -0.3 is 17.0 Å². The molecule has 0 aliphatic heterocycles. The molecular weight excluding hydrogens is 593 g/mol. The Balaban J connectivity index is 0.000000515. The lowest BCUT2D eigenvalue weighted by Gasteiger charge is -2.10. The van der Waals surface area contributed by atoms with Gasteiger partial charge in [-0.2, -0.15) is 0 Å². The largest absolute Gasteiger partial charge is 1.00 e. The molecule has 1 aromatic heterocycles. The van der Waals surface area contributed by atoms with Gasteiger partial charge in [-0.1, -0.05) is 83.3 Å². The molecule has 0 atom stereocenters. The number of halogens is 5. The first-order valence-electron chi connectivity index (χ1n) is 8.57. The van der Waals surface area contributed by atoms with E-state index in [1.165, 1.54) is 30.9 Å². The Morgan fingerprint density at radius 1 is 0.964 bits per heavy atom. The highest BCUT2D eigenvalue weighted by Crippen LogP contribution is 2.28. The normalized spacial score (nSPS) is 10.6. The number of aryl methyl sites for hydroxylation is 1. The van der Waals surface area contributed by atoms with E-state index in [0.717, 1.165) is 13.1 Å². The average molecular weight is 613 g/mol. The third-order valence-corrected chi connectivity index (χ3v) is 5.69. The first-order valence-corrected chi connectivity index (χ1v) is 11.0. The summed E-state index contributed by atoms with van der Waals surface area (Å²) in [6.07, 6.45) is 4.34. The van der Waals surface area contributed by atoms with Gasteiger partial charge in [-0.05, 0) is 34.5 Å². The molecule has 0 spiro atoms. The van der Waals surface area contributed by atoms with Gasteiger partial charge in [0.15, 0.2) is 4.30 Å². The Morgan fingerprint density at radius 2 is 1.46 bits per heavy atom. The number of fused-ring (bicyclic) bond motifs is 2. The van der Waals surface area contributed by atoms with E-state index >= 15 is 0 Å². The highest BCUT2D eigenvalue weighted by Gasteiger charge is 2.16. The zero-order chi connectivity index (χ0) is 19.4. The molecule has 0 saturated heterocycles. The first kappa shape index (κ1) is 23.7. The van der Waals surface area contributed by atoms with E-state index in [2.05, 4.69) is 106 Å². The minimum Gasteiger partial charge on any atom is -1.00 e. The summed E-state index contributed by atoms with van der Waals surface area (Å²) in [6, 6.07) is 19.7. The third-order valence-electron chi connectivity index (χ3n) is 4.45. The Bertz CT molecular complexity index is 1010. The van der Waals surface area contributed by atoms with Crippen LogP contribution < -0.4 is 21.5 Å². The molecule has 4 aromatic rings. The Kier molecular flexibility index (Phi) is 9.35. The van der Waals surface area contributed by atoms with Crippen LogP contribution in [0.25, 0.3) is 21.5 Å². The summed E-state index contributed by atoms with van der Waals surface area (Å²) >= 11 is 16.9. The smallest absolute Gasteiger partial charge is 0.317 e. The van der Waals surface area contributed by atoms with Gasteiger partial charge in [0.25, 0.3) is 0 Å². The predicted molar refractivity (Wildman–Crippen MR) is 125 cm³/mol. The van der Waals surface area contributed by atoms with Gasteiger partial charge in [-0.25, -0.2) is 9.13 Å². The van der Waals surface area contributed by atoms with Crippen LogP contribution in [-0.4, -0.2) is 8.86 Å². The second-order valence-electron chi connectivity index (χ2n) is 6.03. The number of nitrogens with zero attached hydrogens (tertiary/aromatic N) is 2. The maximum Gasteiger partial charge on any atom is 0.317 e. The molecular formula is C21H19BrCl3IN2. The topological polar surface area (TPSA) is 8.81 Å². The monoisotopic (exact) mass is 610 g/mol. The number of benzene rings is 3. The predicted octanol–water partition coefficient (Wildman–Crippen LogP) is 3.75. The molecule has 148 valence electrons. The summed E-state index contributed by atoms with van der Waals surface area (Å²) in [4.78, 5) is 0. The fourth-order valence-corrected chi connectivity index (χ4v) is 4.08. The average Bonchev–Trinajstić information content (AvgIpc) is 3.01. The molecule has 1 heterocycles. The molecule has 0 unspecified atom stereocenters. The standard InChI is InChI=1S/C20H18IN2.CHCl3.BrH/c1-2-22-11-12-23(20(22)21)14-19-17-9-5-3-7-15(17)13-16-8-4-6-10-18(16)19;2-1(3)4;/h3-13H,2,14H2,1H3;1H;1H/q+1;;/p-1. The summed E-state index contributed by atoms with van der Waals surface area (Å²) in [5.41, 5.74) is 1.40. The molecule has 4 rings (SSSR count). The van der Waals surface area contributed by atoms with E-state index < -0.39 is 4.30 Å². The van der Waals surface area contributed by atoms with Crippen LogP contribution in [0.4, 0.5) is 0 Å². The lowest BCUT2D eigenvalue weighted by Crippen LogP contribution is -3.00. The Hall–Kier alpha value is -0.530. The quantitative estimate of drug-likeness (QED) is 0.144. The fraction of sp³-hybridized carbons (Fsp3) is 0.190. The van der Waals surface area contributed by atoms with Crippen LogP contribution in [0.1, 0.15) is 12.5 Å². The fourth-order valence-electron chi connectivity index (χ4n) is 3.25. The molecule has 0 fully saturated rings. The van der Waals surface area contributed by atoms with Crippen molar-refractivity contribution in [2.75, 3.05) is 0 Å². The number of alkyl halides is 3. The van der Waals surface area contributed by atoms with Gasteiger partial charge >= 0.3 is 3.83 Å². The number of rotatable bonds is 3. The van der Waals surface area contributed by atoms with Crippen LogP contribution in [0.2, 0.25) is 0 Å². The van der Waals surface area contributed by atoms with Crippen molar-refractivity contribution in [3.05, 3.63) is 76.4 Å². The van der Waals surface area contributed by atoms with E-state index in [0.29, 0.717) is 0 Å². The minimum absolute atomic E-state index is 0. The highest BCUT2D eigenvalue weighted by atomic mass is 127. The molecule has 2 nitrogen and oxygen atoms in total. The summed E-state index contributed by atoms with van der Waals surface area (Å²) in [5.74, 6) is 0. The van der Waals surface area contributed by atoms with Gasteiger partial charge in [-0.3, -0.25) is 0 Å². The van der Waals surface area contributed by atoms with Gasteiger partial charge in [0.2, 0.25) is 0 Å². The molecule has 0 amide bonds. The van der Waals surface area contributed by atoms with Crippen LogP contribution in [0.15, 0.2) is 67.0 Å². The van der Waals surface area contributed by atoms with Crippen LogP contribution >= 0.6 is 57.4 Å². The van der Waals surface area contributed by atoms with Crippen LogP contribution in [0, 0.1) is 3.83 Å². The van der Waals surface area contributed by atoms with Crippen molar-refractivity contribution >= 4 is 78.9 Å². The zero-order valence-electron chi connectivity index (χ0n) is 15.1. The van der Waals surface area contributed by atoms with E-state index in [1.807, 2.05) is 0 Å². The van der Waals surface area contributed by atoms with E-state index in [4.69, 9.17) is 34.8 Å². The number of aromatic nitrogens is 2. The zero-order valence-corrected chi connectivity index (χ0v) is 21.1. The molecule has 28 heavy (non-hydrogen) atoms. The molecule has 0 bridgehead atoms. The number of hydrogen-bond acceptors (Lipinski definition) is 0. The van der Waals surface area contributed by atoms with Crippen molar-refractivity contribution in [1.29, 1.82) is 0 Å². The van der Waals surface area contributed by atoms with Gasteiger partial charge in [-0.15, -0.1) is 0 Å².